The fourth-order valence-corrected chi connectivity index (χ4v) is 2.99. The van der Waals surface area contributed by atoms with Gasteiger partial charge < -0.3 is 15.0 Å². The van der Waals surface area contributed by atoms with Crippen LogP contribution in [0.1, 0.15) is 40.0 Å². The molecular formula is C20H22N2O3. The van der Waals surface area contributed by atoms with Gasteiger partial charge in [-0.15, -0.1) is 0 Å². The van der Waals surface area contributed by atoms with E-state index in [-0.39, 0.29) is 11.8 Å². The fourth-order valence-electron chi connectivity index (χ4n) is 2.99. The van der Waals surface area contributed by atoms with Crippen LogP contribution in [0.4, 0.5) is 5.69 Å². The summed E-state index contributed by atoms with van der Waals surface area (Å²) in [4.78, 5) is 26.7. The quantitative estimate of drug-likeness (QED) is 0.927. The summed E-state index contributed by atoms with van der Waals surface area (Å²) in [5.41, 5.74) is 1.74. The average molecular weight is 338 g/mol. The summed E-state index contributed by atoms with van der Waals surface area (Å²) in [7, 11) is 1.56. The van der Waals surface area contributed by atoms with Gasteiger partial charge in [0.05, 0.1) is 12.8 Å². The maximum Gasteiger partial charge on any atom is 0.255 e. The van der Waals surface area contributed by atoms with E-state index >= 15 is 0 Å². The van der Waals surface area contributed by atoms with Gasteiger partial charge in [-0.2, -0.15) is 0 Å². The number of anilines is 1. The van der Waals surface area contributed by atoms with Gasteiger partial charge in [-0.25, -0.2) is 0 Å². The van der Waals surface area contributed by atoms with Gasteiger partial charge >= 0.3 is 0 Å². The first kappa shape index (κ1) is 17.0. The van der Waals surface area contributed by atoms with E-state index in [0.29, 0.717) is 22.6 Å². The number of para-hydroxylation sites is 2. The Kier molecular flexibility index (Phi) is 5.33. The van der Waals surface area contributed by atoms with E-state index in [1.807, 2.05) is 17.0 Å². The highest BCUT2D eigenvalue weighted by Crippen LogP contribution is 2.23. The van der Waals surface area contributed by atoms with Gasteiger partial charge in [-0.05, 0) is 55.7 Å². The number of nitrogens with zero attached hydrogens (tertiary/aromatic N) is 1. The van der Waals surface area contributed by atoms with Crippen molar-refractivity contribution in [2.45, 2.75) is 19.3 Å². The molecule has 3 rings (SSSR count). The topological polar surface area (TPSA) is 58.6 Å². The van der Waals surface area contributed by atoms with Crippen molar-refractivity contribution in [3.63, 3.8) is 0 Å². The van der Waals surface area contributed by atoms with Gasteiger partial charge in [-0.3, -0.25) is 9.59 Å². The molecule has 1 saturated heterocycles. The molecule has 0 atom stereocenters. The molecule has 0 spiro atoms. The van der Waals surface area contributed by atoms with E-state index in [4.69, 9.17) is 4.74 Å². The molecular weight excluding hydrogens is 316 g/mol. The third-order valence-electron chi connectivity index (χ3n) is 4.39. The highest BCUT2D eigenvalue weighted by Gasteiger charge is 2.18. The molecule has 1 fully saturated rings. The summed E-state index contributed by atoms with van der Waals surface area (Å²) in [5, 5.41) is 2.83. The van der Waals surface area contributed by atoms with Crippen LogP contribution in [-0.2, 0) is 0 Å². The Morgan fingerprint density at radius 3 is 2.24 bits per heavy atom. The van der Waals surface area contributed by atoms with E-state index in [1.54, 1.807) is 43.5 Å². The Bertz CT molecular complexity index is 750. The van der Waals surface area contributed by atoms with Gasteiger partial charge in [0.15, 0.2) is 0 Å². The molecule has 1 aliphatic rings. The van der Waals surface area contributed by atoms with E-state index in [0.717, 1.165) is 25.9 Å². The van der Waals surface area contributed by atoms with Crippen molar-refractivity contribution in [3.05, 3.63) is 59.7 Å². The smallest absolute Gasteiger partial charge is 0.255 e. The molecule has 25 heavy (non-hydrogen) atoms. The molecule has 2 aromatic rings. The predicted octanol–water partition coefficient (Wildman–Crippen LogP) is 3.57. The standard InChI is InChI=1S/C20H22N2O3/c1-25-18-8-4-3-7-17(18)21-19(23)15-9-11-16(12-10-15)20(24)22-13-5-2-6-14-22/h3-4,7-12H,2,5-6,13-14H2,1H3,(H,21,23). The number of benzene rings is 2. The molecule has 2 amide bonds. The third-order valence-corrected chi connectivity index (χ3v) is 4.39. The molecule has 1 N–H and O–H groups in total. The van der Waals surface area contributed by atoms with Gasteiger partial charge in [0.1, 0.15) is 5.75 Å². The summed E-state index contributed by atoms with van der Waals surface area (Å²) in [6.07, 6.45) is 3.31. The summed E-state index contributed by atoms with van der Waals surface area (Å²) >= 11 is 0. The van der Waals surface area contributed by atoms with Crippen LogP contribution in [0.3, 0.4) is 0 Å². The number of carbonyl (C=O) groups is 2. The van der Waals surface area contributed by atoms with Crippen LogP contribution in [0.25, 0.3) is 0 Å². The third kappa shape index (κ3) is 3.99. The molecule has 0 aromatic heterocycles. The molecule has 0 radical (unpaired) electrons. The largest absolute Gasteiger partial charge is 0.495 e. The van der Waals surface area contributed by atoms with Crippen molar-refractivity contribution in [1.29, 1.82) is 0 Å². The van der Waals surface area contributed by atoms with E-state index < -0.39 is 0 Å². The number of amides is 2. The van der Waals surface area contributed by atoms with E-state index in [1.165, 1.54) is 6.42 Å². The van der Waals surface area contributed by atoms with Crippen LogP contribution in [0.2, 0.25) is 0 Å². The molecule has 130 valence electrons. The van der Waals surface area contributed by atoms with Crippen molar-refractivity contribution in [3.8, 4) is 5.75 Å². The van der Waals surface area contributed by atoms with E-state index in [9.17, 15) is 9.59 Å². The molecule has 0 bridgehead atoms. The molecule has 0 unspecified atom stereocenters. The maximum absolute atomic E-state index is 12.5. The number of likely N-dealkylation sites (tertiary alicyclic amines) is 1. The summed E-state index contributed by atoms with van der Waals surface area (Å²) in [5.74, 6) is 0.408. The average Bonchev–Trinajstić information content (AvgIpc) is 2.68. The number of hydrogen-bond acceptors (Lipinski definition) is 3. The van der Waals surface area contributed by atoms with Crippen molar-refractivity contribution in [1.82, 2.24) is 4.90 Å². The van der Waals surface area contributed by atoms with Gasteiger partial charge in [-0.1, -0.05) is 12.1 Å². The lowest BCUT2D eigenvalue weighted by molar-refractivity contribution is 0.0724. The number of methoxy groups -OCH3 is 1. The van der Waals surface area contributed by atoms with Gasteiger partial charge in [0.2, 0.25) is 0 Å². The second-order valence-corrected chi connectivity index (χ2v) is 6.08. The molecule has 0 saturated carbocycles. The number of piperidine rings is 1. The molecule has 0 aliphatic carbocycles. The Morgan fingerprint density at radius 2 is 1.56 bits per heavy atom. The summed E-state index contributed by atoms with van der Waals surface area (Å²) in [6, 6.07) is 14.0. The molecule has 1 heterocycles. The second-order valence-electron chi connectivity index (χ2n) is 6.08. The van der Waals surface area contributed by atoms with Crippen LogP contribution in [0.15, 0.2) is 48.5 Å². The highest BCUT2D eigenvalue weighted by molar-refractivity contribution is 6.05. The monoisotopic (exact) mass is 338 g/mol. The number of carbonyl (C=O) groups excluding carboxylic acids is 2. The van der Waals surface area contributed by atoms with Gasteiger partial charge in [0, 0.05) is 24.2 Å². The number of hydrogen-bond donors (Lipinski definition) is 1. The lowest BCUT2D eigenvalue weighted by Crippen LogP contribution is -2.35. The van der Waals surface area contributed by atoms with Crippen LogP contribution < -0.4 is 10.1 Å². The zero-order valence-electron chi connectivity index (χ0n) is 14.3. The number of ether oxygens (including phenoxy) is 1. The number of nitrogens with one attached hydrogen (secondary N) is 1. The molecule has 5 heteroatoms. The van der Waals surface area contributed by atoms with Crippen LogP contribution in [0.5, 0.6) is 5.75 Å². The predicted molar refractivity (Wildman–Crippen MR) is 97.1 cm³/mol. The molecule has 1 aliphatic heterocycles. The minimum absolute atomic E-state index is 0.0383. The Hall–Kier alpha value is -2.82. The summed E-state index contributed by atoms with van der Waals surface area (Å²) < 4.78 is 5.23. The first-order valence-electron chi connectivity index (χ1n) is 8.53. The SMILES string of the molecule is COc1ccccc1NC(=O)c1ccc(C(=O)N2CCCCC2)cc1. The van der Waals surface area contributed by atoms with Crippen molar-refractivity contribution in [2.75, 3.05) is 25.5 Å². The first-order chi connectivity index (χ1) is 12.2. The zero-order valence-corrected chi connectivity index (χ0v) is 14.3. The second kappa shape index (κ2) is 7.83. The van der Waals surface area contributed by atoms with Crippen LogP contribution in [0, 0.1) is 0 Å². The van der Waals surface area contributed by atoms with Crippen LogP contribution in [-0.4, -0.2) is 36.9 Å². The maximum atomic E-state index is 12.5. The lowest BCUT2D eigenvalue weighted by Gasteiger charge is -2.26. The van der Waals surface area contributed by atoms with E-state index in [2.05, 4.69) is 5.32 Å². The zero-order chi connectivity index (χ0) is 17.6. The highest BCUT2D eigenvalue weighted by atomic mass is 16.5. The lowest BCUT2D eigenvalue weighted by atomic mass is 10.1. The Balaban J connectivity index is 1.69. The molecule has 5 nitrogen and oxygen atoms in total. The first-order valence-corrected chi connectivity index (χ1v) is 8.53. The summed E-state index contributed by atoms with van der Waals surface area (Å²) in [6.45, 7) is 1.63. The normalized spacial score (nSPS) is 14.0. The van der Waals surface area contributed by atoms with Crippen molar-refractivity contribution < 1.29 is 14.3 Å². The minimum Gasteiger partial charge on any atom is -0.495 e. The van der Waals surface area contributed by atoms with Crippen LogP contribution >= 0.6 is 0 Å². The Morgan fingerprint density at radius 1 is 0.920 bits per heavy atom. The molecule has 2 aromatic carbocycles. The fraction of sp³-hybridized carbons (Fsp3) is 0.300. The Labute approximate surface area is 147 Å². The van der Waals surface area contributed by atoms with Crippen molar-refractivity contribution >= 4 is 17.5 Å². The van der Waals surface area contributed by atoms with Crippen molar-refractivity contribution in [2.24, 2.45) is 0 Å². The van der Waals surface area contributed by atoms with Gasteiger partial charge in [0.25, 0.3) is 11.8 Å². The number of rotatable bonds is 4. The minimum atomic E-state index is -0.235.